The van der Waals surface area contributed by atoms with Crippen LogP contribution in [0.3, 0.4) is 0 Å². The van der Waals surface area contributed by atoms with E-state index in [0.717, 1.165) is 23.2 Å². The van der Waals surface area contributed by atoms with Gasteiger partial charge in [0.25, 0.3) is 5.91 Å². The van der Waals surface area contributed by atoms with Crippen molar-refractivity contribution in [3.63, 3.8) is 0 Å². The molecule has 3 aliphatic rings. The second-order valence-electron chi connectivity index (χ2n) is 8.77. The molecule has 0 radical (unpaired) electrons. The summed E-state index contributed by atoms with van der Waals surface area (Å²) in [5.41, 5.74) is 3.73. The third kappa shape index (κ3) is 3.11. The first kappa shape index (κ1) is 20.9. The van der Waals surface area contributed by atoms with Gasteiger partial charge in [-0.2, -0.15) is 0 Å². The molecule has 0 aromatic heterocycles. The molecule has 31 heavy (non-hydrogen) atoms. The van der Waals surface area contributed by atoms with Crippen molar-refractivity contribution in [2.24, 2.45) is 23.7 Å². The first-order chi connectivity index (χ1) is 14.8. The van der Waals surface area contributed by atoms with Crippen LogP contribution in [0.4, 0.5) is 11.4 Å². The molecule has 0 unspecified atom stereocenters. The summed E-state index contributed by atoms with van der Waals surface area (Å²) in [7, 11) is 0. The highest BCUT2D eigenvalue weighted by Crippen LogP contribution is 2.60. The number of aryl methyl sites for hydroxylation is 1. The Labute approximate surface area is 197 Å². The van der Waals surface area contributed by atoms with Crippen molar-refractivity contribution in [3.05, 3.63) is 59.2 Å². The average Bonchev–Trinajstić information content (AvgIpc) is 3.36. The van der Waals surface area contributed by atoms with E-state index in [2.05, 4.69) is 37.2 Å². The van der Waals surface area contributed by atoms with Gasteiger partial charge in [-0.3, -0.25) is 19.3 Å². The first-order valence-corrected chi connectivity index (χ1v) is 12.3. The summed E-state index contributed by atoms with van der Waals surface area (Å²) in [5.74, 6) is -0.771. The highest BCUT2D eigenvalue weighted by molar-refractivity contribution is 9.12. The molecule has 7 heteroatoms. The second kappa shape index (κ2) is 7.55. The predicted molar refractivity (Wildman–Crippen MR) is 127 cm³/mol. The number of amides is 3. The van der Waals surface area contributed by atoms with Crippen molar-refractivity contribution in [1.29, 1.82) is 0 Å². The Morgan fingerprint density at radius 2 is 1.58 bits per heavy atom. The molecule has 2 aliphatic carbocycles. The van der Waals surface area contributed by atoms with E-state index < -0.39 is 0 Å². The number of hydrogen-bond acceptors (Lipinski definition) is 3. The molecule has 1 saturated heterocycles. The molecule has 2 saturated carbocycles. The Balaban J connectivity index is 1.42. The zero-order valence-electron chi connectivity index (χ0n) is 17.1. The fraction of sp³-hybridized carbons (Fsp3) is 0.375. The highest BCUT2D eigenvalue weighted by Gasteiger charge is 2.66. The minimum atomic E-state index is -0.275. The van der Waals surface area contributed by atoms with Crippen molar-refractivity contribution >= 4 is 61.0 Å². The Hall–Kier alpha value is -1.99. The van der Waals surface area contributed by atoms with Gasteiger partial charge in [0, 0.05) is 20.9 Å². The number of carbonyl (C=O) groups is 3. The Morgan fingerprint density at radius 1 is 0.968 bits per heavy atom. The van der Waals surface area contributed by atoms with Crippen molar-refractivity contribution in [2.75, 3.05) is 10.2 Å². The summed E-state index contributed by atoms with van der Waals surface area (Å²) in [6.07, 6.45) is 0.894. The molecule has 1 heterocycles. The van der Waals surface area contributed by atoms with E-state index in [-0.39, 0.29) is 51.0 Å². The molecule has 1 N–H and O–H groups in total. The largest absolute Gasteiger partial charge is 0.322 e. The Morgan fingerprint density at radius 3 is 2.23 bits per heavy atom. The molecule has 5 nitrogen and oxygen atoms in total. The summed E-state index contributed by atoms with van der Waals surface area (Å²) in [5, 5.41) is 2.94. The number of anilines is 2. The van der Waals surface area contributed by atoms with Gasteiger partial charge in [-0.15, -0.1) is 0 Å². The average molecular weight is 546 g/mol. The van der Waals surface area contributed by atoms with Gasteiger partial charge in [0.1, 0.15) is 0 Å². The molecule has 2 bridgehead atoms. The second-order valence-corrected chi connectivity index (χ2v) is 10.9. The first-order valence-electron chi connectivity index (χ1n) is 10.4. The van der Waals surface area contributed by atoms with Crippen molar-refractivity contribution in [3.8, 4) is 0 Å². The molecule has 160 valence electrons. The van der Waals surface area contributed by atoms with Crippen LogP contribution in [0.15, 0.2) is 42.5 Å². The lowest BCUT2D eigenvalue weighted by atomic mass is 9.81. The number of imide groups is 1. The van der Waals surface area contributed by atoms with Gasteiger partial charge >= 0.3 is 0 Å². The smallest absolute Gasteiger partial charge is 0.255 e. The number of halogens is 2. The Bertz CT molecular complexity index is 1090. The van der Waals surface area contributed by atoms with Crippen LogP contribution in [0.2, 0.25) is 0 Å². The highest BCUT2D eigenvalue weighted by atomic mass is 79.9. The van der Waals surface area contributed by atoms with Crippen LogP contribution in [0.5, 0.6) is 0 Å². The normalized spacial score (nSPS) is 31.3. The number of rotatable bonds is 3. The van der Waals surface area contributed by atoms with E-state index in [9.17, 15) is 14.4 Å². The van der Waals surface area contributed by atoms with E-state index in [1.165, 1.54) is 4.90 Å². The minimum Gasteiger partial charge on any atom is -0.322 e. The fourth-order valence-electron chi connectivity index (χ4n) is 5.47. The predicted octanol–water partition coefficient (Wildman–Crippen LogP) is 4.84. The molecule has 3 fully saturated rings. The molecule has 5 rings (SSSR count). The molecule has 3 amide bonds. The van der Waals surface area contributed by atoms with Crippen LogP contribution < -0.4 is 10.2 Å². The summed E-state index contributed by atoms with van der Waals surface area (Å²) >= 11 is 7.42. The number of benzene rings is 2. The molecule has 6 atom stereocenters. The molecule has 2 aromatic carbocycles. The molecule has 0 spiro atoms. The number of alkyl halides is 2. The van der Waals surface area contributed by atoms with Crippen LogP contribution in [0.25, 0.3) is 0 Å². The third-order valence-corrected chi connectivity index (χ3v) is 10.4. The van der Waals surface area contributed by atoms with Crippen molar-refractivity contribution < 1.29 is 14.4 Å². The molecule has 2 aromatic rings. The molecule has 1 aliphatic heterocycles. The van der Waals surface area contributed by atoms with E-state index in [1.807, 2.05) is 32.0 Å². The Kier molecular flexibility index (Phi) is 5.09. The van der Waals surface area contributed by atoms with Gasteiger partial charge in [0.15, 0.2) is 0 Å². The third-order valence-electron chi connectivity index (χ3n) is 7.21. The minimum absolute atomic E-state index is 0.140. The van der Waals surface area contributed by atoms with Gasteiger partial charge in [0.2, 0.25) is 11.8 Å². The quantitative estimate of drug-likeness (QED) is 0.443. The fourth-order valence-corrected chi connectivity index (χ4v) is 7.34. The van der Waals surface area contributed by atoms with Crippen molar-refractivity contribution in [2.45, 2.75) is 29.9 Å². The number of hydrogen-bond donors (Lipinski definition) is 1. The lowest BCUT2D eigenvalue weighted by molar-refractivity contribution is -0.123. The maximum atomic E-state index is 13.3. The molecular weight excluding hydrogens is 524 g/mol. The summed E-state index contributed by atoms with van der Waals surface area (Å²) in [6, 6.07) is 12.5. The van der Waals surface area contributed by atoms with Gasteiger partial charge in [0.05, 0.1) is 17.5 Å². The SMILES string of the molecule is Cc1cccc(NC(=O)c2cccc(N3C(=O)[C@@H]4[C@H]5C[C@@H]([C@H](Br)[C@@H]5Br)[C@@H]4C3=O)c2)c1C. The maximum Gasteiger partial charge on any atom is 0.255 e. The van der Waals surface area contributed by atoms with Crippen molar-refractivity contribution in [1.82, 2.24) is 0 Å². The monoisotopic (exact) mass is 544 g/mol. The van der Waals surface area contributed by atoms with Crippen LogP contribution in [-0.2, 0) is 9.59 Å². The summed E-state index contributed by atoms with van der Waals surface area (Å²) in [4.78, 5) is 41.1. The van der Waals surface area contributed by atoms with Gasteiger partial charge in [-0.1, -0.05) is 50.1 Å². The van der Waals surface area contributed by atoms with Gasteiger partial charge < -0.3 is 5.32 Å². The zero-order valence-corrected chi connectivity index (χ0v) is 20.3. The lowest BCUT2D eigenvalue weighted by Crippen LogP contribution is -2.37. The number of nitrogens with zero attached hydrogens (tertiary/aromatic N) is 1. The zero-order chi connectivity index (χ0) is 22.0. The van der Waals surface area contributed by atoms with Crippen LogP contribution in [-0.4, -0.2) is 27.4 Å². The maximum absolute atomic E-state index is 13.3. The van der Waals surface area contributed by atoms with E-state index >= 15 is 0 Å². The lowest BCUT2D eigenvalue weighted by Gasteiger charge is -2.28. The number of nitrogens with one attached hydrogen (secondary N) is 1. The van der Waals surface area contributed by atoms with Gasteiger partial charge in [-0.05, 0) is 67.5 Å². The van der Waals surface area contributed by atoms with Crippen LogP contribution in [0.1, 0.15) is 27.9 Å². The van der Waals surface area contributed by atoms with E-state index in [1.54, 1.807) is 24.3 Å². The molecular formula is C24H22Br2N2O3. The van der Waals surface area contributed by atoms with Crippen LogP contribution in [0, 0.1) is 37.5 Å². The number of fused-ring (bicyclic) bond motifs is 5. The standard InChI is InChI=1S/C24H22Br2N2O3/c1-11-5-3-8-17(12(11)2)27-22(29)13-6-4-7-14(9-13)28-23(30)18-15-10-16(19(18)24(28)31)21(26)20(15)25/h3-9,15-16,18-21H,10H2,1-2H3,(H,27,29)/t15-,16-,18-,19+,20-,21+/m1/s1. The summed E-state index contributed by atoms with van der Waals surface area (Å²) < 4.78 is 0. The summed E-state index contributed by atoms with van der Waals surface area (Å²) in [6.45, 7) is 3.96. The van der Waals surface area contributed by atoms with E-state index in [4.69, 9.17) is 0 Å². The van der Waals surface area contributed by atoms with Crippen LogP contribution >= 0.6 is 31.9 Å². The van der Waals surface area contributed by atoms with E-state index in [0.29, 0.717) is 11.3 Å². The number of carbonyl (C=O) groups excluding carboxylic acids is 3. The topological polar surface area (TPSA) is 66.5 Å². The van der Waals surface area contributed by atoms with Gasteiger partial charge in [-0.25, -0.2) is 0 Å².